The third-order valence-corrected chi connectivity index (χ3v) is 4.80. The average Bonchev–Trinajstić information content (AvgIpc) is 3.10. The summed E-state index contributed by atoms with van der Waals surface area (Å²) in [4.78, 5) is 15.0. The molecule has 0 fully saturated rings. The second-order valence-corrected chi connectivity index (χ2v) is 6.52. The Labute approximate surface area is 154 Å². The van der Waals surface area contributed by atoms with Gasteiger partial charge in [0.15, 0.2) is 0 Å². The van der Waals surface area contributed by atoms with E-state index in [2.05, 4.69) is 28.3 Å². The lowest BCUT2D eigenvalue weighted by Crippen LogP contribution is -2.45. The van der Waals surface area contributed by atoms with Crippen LogP contribution in [0.5, 0.6) is 5.75 Å². The van der Waals surface area contributed by atoms with Crippen LogP contribution < -0.4 is 10.1 Å². The molecule has 1 N–H and O–H groups in total. The van der Waals surface area contributed by atoms with E-state index >= 15 is 0 Å². The van der Waals surface area contributed by atoms with Crippen LogP contribution >= 0.6 is 0 Å². The Morgan fingerprint density at radius 3 is 2.65 bits per heavy atom. The molecule has 6 nitrogen and oxygen atoms in total. The Morgan fingerprint density at radius 2 is 2.12 bits per heavy atom. The molecule has 1 unspecified atom stereocenters. The molecule has 1 aromatic heterocycles. The van der Waals surface area contributed by atoms with Crippen LogP contribution in [0.25, 0.3) is 5.57 Å². The summed E-state index contributed by atoms with van der Waals surface area (Å²) in [6.45, 7) is 3.70. The fourth-order valence-electron chi connectivity index (χ4n) is 3.33. The van der Waals surface area contributed by atoms with Crippen molar-refractivity contribution in [2.75, 3.05) is 25.5 Å². The lowest BCUT2D eigenvalue weighted by molar-refractivity contribution is -0.121. The number of carbonyl (C=O) groups is 1. The summed E-state index contributed by atoms with van der Waals surface area (Å²) < 4.78 is 6.97. The predicted octanol–water partition coefficient (Wildman–Crippen LogP) is 2.94. The zero-order chi connectivity index (χ0) is 18.5. The van der Waals surface area contributed by atoms with Gasteiger partial charge in [-0.05, 0) is 42.7 Å². The predicted molar refractivity (Wildman–Crippen MR) is 103 cm³/mol. The van der Waals surface area contributed by atoms with E-state index in [0.29, 0.717) is 0 Å². The maximum Gasteiger partial charge on any atom is 0.241 e. The number of methoxy groups -OCH3 is 1. The largest absolute Gasteiger partial charge is 0.497 e. The minimum Gasteiger partial charge on any atom is -0.497 e. The van der Waals surface area contributed by atoms with E-state index in [1.54, 1.807) is 7.11 Å². The number of nitrogens with zero attached hydrogens (tertiary/aromatic N) is 3. The van der Waals surface area contributed by atoms with Crippen molar-refractivity contribution >= 4 is 17.2 Å². The SMILES string of the molecule is CCC(C(=O)Nc1ccc(OC)cc1)N1CC=C(c2cnn(C)c2)CC1. The second-order valence-electron chi connectivity index (χ2n) is 6.52. The molecule has 1 aliphatic heterocycles. The van der Waals surface area contributed by atoms with Crippen LogP contribution in [-0.2, 0) is 11.8 Å². The molecule has 0 bridgehead atoms. The first-order chi connectivity index (χ1) is 12.6. The molecule has 6 heteroatoms. The Balaban J connectivity index is 1.63. The van der Waals surface area contributed by atoms with Gasteiger partial charge in [0.25, 0.3) is 0 Å². The van der Waals surface area contributed by atoms with Crippen molar-refractivity contribution < 1.29 is 9.53 Å². The number of benzene rings is 1. The molecule has 2 heterocycles. The van der Waals surface area contributed by atoms with Crippen LogP contribution in [0.2, 0.25) is 0 Å². The van der Waals surface area contributed by atoms with Crippen molar-refractivity contribution in [2.24, 2.45) is 7.05 Å². The lowest BCUT2D eigenvalue weighted by atomic mass is 10.0. The summed E-state index contributed by atoms with van der Waals surface area (Å²) in [7, 11) is 3.56. The summed E-state index contributed by atoms with van der Waals surface area (Å²) in [5.74, 6) is 0.815. The number of rotatable bonds is 6. The van der Waals surface area contributed by atoms with Gasteiger partial charge in [-0.1, -0.05) is 13.0 Å². The minimum atomic E-state index is -0.135. The number of aromatic nitrogens is 2. The number of anilines is 1. The highest BCUT2D eigenvalue weighted by molar-refractivity contribution is 5.94. The van der Waals surface area contributed by atoms with E-state index in [4.69, 9.17) is 4.74 Å². The molecular formula is C20H26N4O2. The minimum absolute atomic E-state index is 0.0379. The van der Waals surface area contributed by atoms with E-state index < -0.39 is 0 Å². The van der Waals surface area contributed by atoms with Gasteiger partial charge in [0.2, 0.25) is 5.91 Å². The summed E-state index contributed by atoms with van der Waals surface area (Å²) in [6.07, 6.45) is 7.85. The number of aryl methyl sites for hydroxylation is 1. The van der Waals surface area contributed by atoms with Crippen LogP contribution in [0.15, 0.2) is 42.7 Å². The van der Waals surface area contributed by atoms with Crippen molar-refractivity contribution in [2.45, 2.75) is 25.8 Å². The highest BCUT2D eigenvalue weighted by Gasteiger charge is 2.26. The molecule has 2 aromatic rings. The third-order valence-electron chi connectivity index (χ3n) is 4.80. The number of hydrogen-bond acceptors (Lipinski definition) is 4. The van der Waals surface area contributed by atoms with Crippen molar-refractivity contribution in [3.8, 4) is 5.75 Å². The van der Waals surface area contributed by atoms with E-state index in [1.807, 2.05) is 48.4 Å². The van der Waals surface area contributed by atoms with Gasteiger partial charge in [-0.3, -0.25) is 14.4 Å². The summed E-state index contributed by atoms with van der Waals surface area (Å²) >= 11 is 0. The van der Waals surface area contributed by atoms with E-state index in [0.717, 1.165) is 37.4 Å². The van der Waals surface area contributed by atoms with Crippen molar-refractivity contribution in [3.63, 3.8) is 0 Å². The summed E-state index contributed by atoms with van der Waals surface area (Å²) in [5.41, 5.74) is 3.26. The number of nitrogens with one attached hydrogen (secondary N) is 1. The van der Waals surface area contributed by atoms with Crippen LogP contribution in [-0.4, -0.2) is 46.8 Å². The van der Waals surface area contributed by atoms with Crippen LogP contribution in [0.4, 0.5) is 5.69 Å². The zero-order valence-electron chi connectivity index (χ0n) is 15.6. The number of carbonyl (C=O) groups excluding carboxylic acids is 1. The van der Waals surface area contributed by atoms with Crippen LogP contribution in [0.3, 0.4) is 0 Å². The van der Waals surface area contributed by atoms with Gasteiger partial charge in [-0.25, -0.2) is 0 Å². The molecule has 1 aliphatic rings. The van der Waals surface area contributed by atoms with E-state index in [-0.39, 0.29) is 11.9 Å². The molecular weight excluding hydrogens is 328 g/mol. The number of ether oxygens (including phenoxy) is 1. The molecule has 3 rings (SSSR count). The van der Waals surface area contributed by atoms with E-state index in [1.165, 1.54) is 11.1 Å². The van der Waals surface area contributed by atoms with Gasteiger partial charge < -0.3 is 10.1 Å². The van der Waals surface area contributed by atoms with Crippen molar-refractivity contribution in [1.29, 1.82) is 0 Å². The first kappa shape index (κ1) is 18.2. The summed E-state index contributed by atoms with van der Waals surface area (Å²) in [5, 5.41) is 7.26. The fourth-order valence-corrected chi connectivity index (χ4v) is 3.33. The van der Waals surface area contributed by atoms with Gasteiger partial charge in [0.05, 0.1) is 19.3 Å². The van der Waals surface area contributed by atoms with Gasteiger partial charge in [-0.2, -0.15) is 5.10 Å². The third kappa shape index (κ3) is 4.14. The molecule has 0 spiro atoms. The monoisotopic (exact) mass is 354 g/mol. The maximum atomic E-state index is 12.7. The smallest absolute Gasteiger partial charge is 0.241 e. The van der Waals surface area contributed by atoms with Gasteiger partial charge in [-0.15, -0.1) is 0 Å². The Kier molecular flexibility index (Phi) is 5.73. The molecule has 26 heavy (non-hydrogen) atoms. The second kappa shape index (κ2) is 8.19. The normalized spacial score (nSPS) is 16.0. The van der Waals surface area contributed by atoms with Crippen molar-refractivity contribution in [3.05, 3.63) is 48.3 Å². The number of hydrogen-bond donors (Lipinski definition) is 1. The molecule has 1 atom stereocenters. The van der Waals surface area contributed by atoms with E-state index in [9.17, 15) is 4.79 Å². The Bertz CT molecular complexity index is 779. The first-order valence-corrected chi connectivity index (χ1v) is 8.97. The fraction of sp³-hybridized carbons (Fsp3) is 0.400. The van der Waals surface area contributed by atoms with Gasteiger partial charge in [0, 0.05) is 37.6 Å². The van der Waals surface area contributed by atoms with Crippen LogP contribution in [0, 0.1) is 0 Å². The molecule has 0 aliphatic carbocycles. The first-order valence-electron chi connectivity index (χ1n) is 8.97. The molecule has 0 saturated carbocycles. The molecule has 1 amide bonds. The average molecular weight is 354 g/mol. The standard InChI is InChI=1S/C20H26N4O2/c1-4-19(20(25)22-17-5-7-18(26-3)8-6-17)24-11-9-15(10-12-24)16-13-21-23(2)14-16/h5-9,13-14,19H,4,10-12H2,1-3H3,(H,22,25). The highest BCUT2D eigenvalue weighted by Crippen LogP contribution is 2.24. The number of amides is 1. The Hall–Kier alpha value is -2.60. The van der Waals surface area contributed by atoms with Gasteiger partial charge in [0.1, 0.15) is 5.75 Å². The molecule has 0 radical (unpaired) electrons. The van der Waals surface area contributed by atoms with Crippen molar-refractivity contribution in [1.82, 2.24) is 14.7 Å². The Morgan fingerprint density at radius 1 is 1.35 bits per heavy atom. The molecule has 0 saturated heterocycles. The highest BCUT2D eigenvalue weighted by atomic mass is 16.5. The maximum absolute atomic E-state index is 12.7. The molecule has 1 aromatic carbocycles. The topological polar surface area (TPSA) is 59.4 Å². The molecule has 138 valence electrons. The summed E-state index contributed by atoms with van der Waals surface area (Å²) in [6, 6.07) is 7.28. The van der Waals surface area contributed by atoms with Gasteiger partial charge >= 0.3 is 0 Å². The quantitative estimate of drug-likeness (QED) is 0.866. The lowest BCUT2D eigenvalue weighted by Gasteiger charge is -2.32. The van der Waals surface area contributed by atoms with Crippen LogP contribution in [0.1, 0.15) is 25.3 Å². The zero-order valence-corrected chi connectivity index (χ0v) is 15.6.